The molecule has 22 heavy (non-hydrogen) atoms. The first kappa shape index (κ1) is 14.2. The van der Waals surface area contributed by atoms with Gasteiger partial charge in [0.15, 0.2) is 5.78 Å². The fraction of sp³-hybridized carbons (Fsp3) is 0.200. The van der Waals surface area contributed by atoms with Crippen molar-refractivity contribution in [2.45, 2.75) is 13.3 Å². The number of benzene rings is 1. The van der Waals surface area contributed by atoms with E-state index < -0.39 is 0 Å². The number of nitrogens with one attached hydrogen (secondary N) is 3. The van der Waals surface area contributed by atoms with Crippen LogP contribution in [-0.2, 0) is 4.79 Å². The van der Waals surface area contributed by atoms with Crippen molar-refractivity contribution in [1.82, 2.24) is 9.97 Å². The first-order chi connectivity index (χ1) is 10.5. The van der Waals surface area contributed by atoms with E-state index in [1.165, 1.54) is 13.0 Å². The lowest BCUT2D eigenvalue weighted by Crippen LogP contribution is -2.12. The SMILES string of the molecule is CC(=O)Nc1cc(=N)c2ncc3cc(C(=O)CCO)[nH]c1c32. The molecule has 0 saturated carbocycles. The molecule has 0 aliphatic heterocycles. The zero-order valence-corrected chi connectivity index (χ0v) is 11.9. The standard InChI is InChI=1S/C15H14N4O3/c1-7(21)18-11-5-9(16)14-13-8(6-17-14)4-10(19-15(11)13)12(22)2-3-20/h4-6,16,19-20H,2-3H2,1H3,(H,18,21). The minimum Gasteiger partial charge on any atom is -0.396 e. The van der Waals surface area contributed by atoms with Gasteiger partial charge in [-0.05, 0) is 12.1 Å². The molecule has 1 aromatic carbocycles. The molecule has 1 amide bonds. The Morgan fingerprint density at radius 1 is 1.41 bits per heavy atom. The fourth-order valence-electron chi connectivity index (χ4n) is 2.53. The van der Waals surface area contributed by atoms with Crippen LogP contribution in [0.5, 0.6) is 0 Å². The van der Waals surface area contributed by atoms with Crippen LogP contribution in [-0.4, -0.2) is 33.4 Å². The monoisotopic (exact) mass is 298 g/mol. The summed E-state index contributed by atoms with van der Waals surface area (Å²) in [6, 6.07) is 3.15. The van der Waals surface area contributed by atoms with E-state index in [1.54, 1.807) is 12.3 Å². The maximum absolute atomic E-state index is 12.0. The van der Waals surface area contributed by atoms with Gasteiger partial charge in [-0.15, -0.1) is 0 Å². The van der Waals surface area contributed by atoms with E-state index in [4.69, 9.17) is 10.5 Å². The van der Waals surface area contributed by atoms with Crippen LogP contribution in [0, 0.1) is 5.41 Å². The predicted molar refractivity (Wildman–Crippen MR) is 81.0 cm³/mol. The van der Waals surface area contributed by atoms with Gasteiger partial charge < -0.3 is 15.4 Å². The van der Waals surface area contributed by atoms with Gasteiger partial charge in [0.2, 0.25) is 5.91 Å². The third-order valence-corrected chi connectivity index (χ3v) is 3.43. The minimum atomic E-state index is -0.268. The summed E-state index contributed by atoms with van der Waals surface area (Å²) >= 11 is 0. The van der Waals surface area contributed by atoms with Crippen LogP contribution >= 0.6 is 0 Å². The van der Waals surface area contributed by atoms with Crippen molar-refractivity contribution in [2.24, 2.45) is 0 Å². The number of H-pyrrole nitrogens is 1. The molecule has 3 aromatic rings. The number of aliphatic hydroxyl groups is 1. The van der Waals surface area contributed by atoms with Crippen LogP contribution in [0.4, 0.5) is 5.69 Å². The third-order valence-electron chi connectivity index (χ3n) is 3.43. The van der Waals surface area contributed by atoms with Crippen molar-refractivity contribution in [3.05, 3.63) is 29.4 Å². The van der Waals surface area contributed by atoms with Crippen molar-refractivity contribution >= 4 is 39.2 Å². The molecule has 0 atom stereocenters. The summed E-state index contributed by atoms with van der Waals surface area (Å²) in [5, 5.41) is 21.2. The lowest BCUT2D eigenvalue weighted by molar-refractivity contribution is -0.114. The van der Waals surface area contributed by atoms with Gasteiger partial charge in [-0.25, -0.2) is 0 Å². The van der Waals surface area contributed by atoms with Crippen LogP contribution < -0.4 is 10.7 Å². The number of hydrogen-bond donors (Lipinski definition) is 4. The number of rotatable bonds is 4. The largest absolute Gasteiger partial charge is 0.396 e. The molecule has 4 N–H and O–H groups in total. The first-order valence-corrected chi connectivity index (χ1v) is 6.75. The average Bonchev–Trinajstić information content (AvgIpc) is 2.88. The van der Waals surface area contributed by atoms with E-state index in [-0.39, 0.29) is 30.1 Å². The van der Waals surface area contributed by atoms with Crippen LogP contribution in [0.3, 0.4) is 0 Å². The number of carbonyl (C=O) groups excluding carboxylic acids is 2. The second-order valence-corrected chi connectivity index (χ2v) is 5.04. The summed E-state index contributed by atoms with van der Waals surface area (Å²) in [4.78, 5) is 30.6. The Bertz CT molecular complexity index is 945. The number of pyridine rings is 1. The van der Waals surface area contributed by atoms with Gasteiger partial charge in [0, 0.05) is 30.3 Å². The number of aromatic amines is 1. The van der Waals surface area contributed by atoms with Gasteiger partial charge >= 0.3 is 0 Å². The first-order valence-electron chi connectivity index (χ1n) is 6.75. The molecule has 0 saturated heterocycles. The van der Waals surface area contributed by atoms with Crippen LogP contribution in [0.1, 0.15) is 23.8 Å². The maximum atomic E-state index is 12.0. The highest BCUT2D eigenvalue weighted by Gasteiger charge is 2.16. The number of Topliss-reactive ketones (excluding diaryl/α,β-unsaturated/α-hetero) is 1. The summed E-state index contributed by atoms with van der Waals surface area (Å²) in [7, 11) is 0. The molecule has 0 unspecified atom stereocenters. The zero-order chi connectivity index (χ0) is 15.9. The Morgan fingerprint density at radius 2 is 2.18 bits per heavy atom. The third kappa shape index (κ3) is 2.21. The highest BCUT2D eigenvalue weighted by atomic mass is 16.3. The van der Waals surface area contributed by atoms with E-state index in [1.807, 2.05) is 0 Å². The Morgan fingerprint density at radius 3 is 2.86 bits per heavy atom. The summed E-state index contributed by atoms with van der Waals surface area (Å²) < 4.78 is 0. The number of anilines is 1. The highest BCUT2D eigenvalue weighted by molar-refractivity contribution is 6.15. The van der Waals surface area contributed by atoms with Crippen molar-refractivity contribution in [2.75, 3.05) is 11.9 Å². The topological polar surface area (TPSA) is 119 Å². The quantitative estimate of drug-likeness (QED) is 0.540. The molecule has 0 spiro atoms. The Labute approximate surface area is 124 Å². The number of nitrogens with zero attached hydrogens (tertiary/aromatic N) is 1. The van der Waals surface area contributed by atoms with Gasteiger partial charge in [-0.1, -0.05) is 0 Å². The van der Waals surface area contributed by atoms with Crippen LogP contribution in [0.2, 0.25) is 0 Å². The summed E-state index contributed by atoms with van der Waals surface area (Å²) in [6.45, 7) is 1.14. The van der Waals surface area contributed by atoms with Gasteiger partial charge in [0.1, 0.15) is 0 Å². The molecule has 112 valence electrons. The van der Waals surface area contributed by atoms with Crippen molar-refractivity contribution in [3.8, 4) is 0 Å². The smallest absolute Gasteiger partial charge is 0.221 e. The Hall–Kier alpha value is -2.80. The number of amides is 1. The number of ketones is 1. The van der Waals surface area contributed by atoms with Gasteiger partial charge in [-0.2, -0.15) is 0 Å². The zero-order valence-electron chi connectivity index (χ0n) is 11.9. The average molecular weight is 298 g/mol. The summed E-state index contributed by atoms with van der Waals surface area (Å²) in [5.41, 5.74) is 1.83. The lowest BCUT2D eigenvalue weighted by Gasteiger charge is -2.10. The molecule has 2 heterocycles. The van der Waals surface area contributed by atoms with E-state index >= 15 is 0 Å². The number of aliphatic hydroxyl groups excluding tert-OH is 1. The molecular formula is C15H14N4O3. The number of hydrogen-bond acceptors (Lipinski definition) is 5. The second kappa shape index (κ2) is 5.19. The van der Waals surface area contributed by atoms with Crippen molar-refractivity contribution < 1.29 is 14.7 Å². The Kier molecular flexibility index (Phi) is 3.34. The minimum absolute atomic E-state index is 0.0114. The summed E-state index contributed by atoms with van der Waals surface area (Å²) in [5.74, 6) is -0.498. The molecule has 7 nitrogen and oxygen atoms in total. The molecule has 3 rings (SSSR count). The molecule has 2 aromatic heterocycles. The van der Waals surface area contributed by atoms with Crippen molar-refractivity contribution in [1.29, 1.82) is 5.41 Å². The molecule has 0 radical (unpaired) electrons. The molecule has 0 bridgehead atoms. The van der Waals surface area contributed by atoms with Crippen LogP contribution in [0.25, 0.3) is 21.8 Å². The Balaban J connectivity index is 2.33. The van der Waals surface area contributed by atoms with Gasteiger partial charge in [0.05, 0.1) is 34.4 Å². The van der Waals surface area contributed by atoms with E-state index in [2.05, 4.69) is 15.3 Å². The number of carbonyl (C=O) groups is 2. The molecule has 7 heteroatoms. The van der Waals surface area contributed by atoms with E-state index in [0.717, 1.165) is 0 Å². The fourth-order valence-corrected chi connectivity index (χ4v) is 2.53. The lowest BCUT2D eigenvalue weighted by atomic mass is 10.1. The number of aromatic nitrogens is 2. The van der Waals surface area contributed by atoms with Crippen LogP contribution in [0.15, 0.2) is 18.3 Å². The second-order valence-electron chi connectivity index (χ2n) is 5.04. The van der Waals surface area contributed by atoms with E-state index in [9.17, 15) is 9.59 Å². The molecular weight excluding hydrogens is 284 g/mol. The molecule has 0 aliphatic carbocycles. The van der Waals surface area contributed by atoms with Gasteiger partial charge in [0.25, 0.3) is 0 Å². The molecule has 0 aliphatic rings. The normalized spacial score (nSPS) is 11.2. The maximum Gasteiger partial charge on any atom is 0.221 e. The van der Waals surface area contributed by atoms with Crippen molar-refractivity contribution in [3.63, 3.8) is 0 Å². The molecule has 0 fully saturated rings. The predicted octanol–water partition coefficient (Wildman–Crippen LogP) is 1.16. The highest BCUT2D eigenvalue weighted by Crippen LogP contribution is 2.29. The summed E-state index contributed by atoms with van der Waals surface area (Å²) in [6.07, 6.45) is 1.61. The van der Waals surface area contributed by atoms with Gasteiger partial charge in [-0.3, -0.25) is 20.0 Å². The van der Waals surface area contributed by atoms with E-state index in [0.29, 0.717) is 33.2 Å².